The summed E-state index contributed by atoms with van der Waals surface area (Å²) in [5, 5.41) is 10.1. The molecule has 3 aromatic rings. The molecule has 1 saturated heterocycles. The molecular weight excluding hydrogens is 453 g/mol. The molecule has 0 bridgehead atoms. The summed E-state index contributed by atoms with van der Waals surface area (Å²) in [6, 6.07) is 12.4. The summed E-state index contributed by atoms with van der Waals surface area (Å²) in [5.41, 5.74) is 2.68. The van der Waals surface area contributed by atoms with Crippen LogP contribution in [0.25, 0.3) is 11.0 Å². The highest BCUT2D eigenvalue weighted by molar-refractivity contribution is 6.29. The number of hydrogen-bond acceptors (Lipinski definition) is 5. The van der Waals surface area contributed by atoms with Gasteiger partial charge in [0.2, 0.25) is 0 Å². The first-order chi connectivity index (χ1) is 16.1. The van der Waals surface area contributed by atoms with E-state index in [-0.39, 0.29) is 28.4 Å². The van der Waals surface area contributed by atoms with Crippen molar-refractivity contribution >= 4 is 28.3 Å². The summed E-state index contributed by atoms with van der Waals surface area (Å²) in [6.45, 7) is 9.36. The number of benzene rings is 1. The van der Waals surface area contributed by atoms with Crippen molar-refractivity contribution in [2.45, 2.75) is 33.2 Å². The second kappa shape index (κ2) is 9.36. The molecule has 6 nitrogen and oxygen atoms in total. The molecule has 0 aliphatic carbocycles. The van der Waals surface area contributed by atoms with Crippen LogP contribution in [0.5, 0.6) is 0 Å². The molecule has 2 aromatic heterocycles. The van der Waals surface area contributed by atoms with Crippen molar-refractivity contribution in [1.29, 1.82) is 5.26 Å². The van der Waals surface area contributed by atoms with E-state index in [1.54, 1.807) is 19.2 Å². The predicted molar refractivity (Wildman–Crippen MR) is 134 cm³/mol. The number of rotatable bonds is 4. The lowest BCUT2D eigenvalue weighted by Gasteiger charge is -2.42. The van der Waals surface area contributed by atoms with E-state index in [1.165, 1.54) is 16.7 Å². The van der Waals surface area contributed by atoms with Crippen LogP contribution in [0.15, 0.2) is 41.2 Å². The van der Waals surface area contributed by atoms with Crippen molar-refractivity contribution in [2.24, 2.45) is 12.5 Å². The van der Waals surface area contributed by atoms with E-state index in [2.05, 4.69) is 41.6 Å². The molecule has 178 valence electrons. The zero-order chi connectivity index (χ0) is 24.6. The fourth-order valence-electron chi connectivity index (χ4n) is 4.76. The second-order valence-electron chi connectivity index (χ2n) is 10.1. The Balaban J connectivity index is 1.67. The average Bonchev–Trinajstić information content (AvgIpc) is 2.80. The van der Waals surface area contributed by atoms with Crippen molar-refractivity contribution < 1.29 is 4.39 Å². The van der Waals surface area contributed by atoms with Crippen LogP contribution in [-0.2, 0) is 7.05 Å². The van der Waals surface area contributed by atoms with Crippen LogP contribution in [0.4, 0.5) is 10.1 Å². The summed E-state index contributed by atoms with van der Waals surface area (Å²) in [6.07, 6.45) is 0.925. The summed E-state index contributed by atoms with van der Waals surface area (Å²) in [5.74, 6) is -0.240. The lowest BCUT2D eigenvalue weighted by atomic mass is 9.84. The minimum absolute atomic E-state index is 0.0861. The van der Waals surface area contributed by atoms with Gasteiger partial charge in [0.15, 0.2) is 0 Å². The number of piperazine rings is 1. The van der Waals surface area contributed by atoms with Crippen molar-refractivity contribution in [3.05, 3.63) is 68.8 Å². The van der Waals surface area contributed by atoms with Crippen molar-refractivity contribution in [2.75, 3.05) is 31.1 Å². The van der Waals surface area contributed by atoms with Crippen LogP contribution in [0, 0.1) is 22.6 Å². The van der Waals surface area contributed by atoms with Gasteiger partial charge in [-0.15, -0.1) is 0 Å². The molecule has 8 heteroatoms. The van der Waals surface area contributed by atoms with Gasteiger partial charge in [0.05, 0.1) is 11.2 Å². The average molecular weight is 482 g/mol. The van der Waals surface area contributed by atoms with E-state index in [9.17, 15) is 14.4 Å². The Labute approximate surface area is 204 Å². The lowest BCUT2D eigenvalue weighted by molar-refractivity contribution is 0.141. The summed E-state index contributed by atoms with van der Waals surface area (Å²) < 4.78 is 15.0. The number of nitriles is 1. The zero-order valence-electron chi connectivity index (χ0n) is 20.0. The molecule has 0 radical (unpaired) electrons. The van der Waals surface area contributed by atoms with Crippen molar-refractivity contribution in [3.8, 4) is 6.07 Å². The van der Waals surface area contributed by atoms with E-state index in [0.717, 1.165) is 25.1 Å². The van der Waals surface area contributed by atoms with E-state index >= 15 is 0 Å². The van der Waals surface area contributed by atoms with Gasteiger partial charge in [-0.25, -0.2) is 9.37 Å². The number of nitrogens with zero attached hydrogens (tertiary/aromatic N) is 5. The molecule has 34 heavy (non-hydrogen) atoms. The maximum absolute atomic E-state index is 13.6. The third kappa shape index (κ3) is 4.79. The third-order valence-corrected chi connectivity index (χ3v) is 6.63. The lowest BCUT2D eigenvalue weighted by Crippen LogP contribution is -2.49. The number of halogens is 2. The van der Waals surface area contributed by atoms with Crippen LogP contribution in [0.2, 0.25) is 5.15 Å². The molecule has 1 unspecified atom stereocenters. The van der Waals surface area contributed by atoms with Crippen molar-refractivity contribution in [1.82, 2.24) is 14.5 Å². The monoisotopic (exact) mass is 481 g/mol. The Morgan fingerprint density at radius 1 is 1.12 bits per heavy atom. The minimum atomic E-state index is -0.339. The number of pyridine rings is 2. The summed E-state index contributed by atoms with van der Waals surface area (Å²) in [7, 11) is 1.64. The Morgan fingerprint density at radius 2 is 1.76 bits per heavy atom. The Hall–Kier alpha value is -2.95. The highest BCUT2D eigenvalue weighted by atomic mass is 35.5. The van der Waals surface area contributed by atoms with Gasteiger partial charge in [0.25, 0.3) is 5.56 Å². The van der Waals surface area contributed by atoms with E-state index in [4.69, 9.17) is 11.6 Å². The second-order valence-corrected chi connectivity index (χ2v) is 10.4. The third-order valence-electron chi connectivity index (χ3n) is 6.42. The minimum Gasteiger partial charge on any atom is -0.366 e. The predicted octanol–water partition coefficient (Wildman–Crippen LogP) is 4.90. The molecule has 1 aromatic carbocycles. The molecule has 1 aliphatic rings. The molecule has 0 spiro atoms. The van der Waals surface area contributed by atoms with Crippen LogP contribution < -0.4 is 10.5 Å². The molecule has 3 heterocycles. The number of aromatic nitrogens is 2. The quantitative estimate of drug-likeness (QED) is 0.496. The van der Waals surface area contributed by atoms with Gasteiger partial charge in [-0.3, -0.25) is 9.69 Å². The topological polar surface area (TPSA) is 65.2 Å². The smallest absolute Gasteiger partial charge is 0.270 e. The van der Waals surface area contributed by atoms with Gasteiger partial charge in [0, 0.05) is 39.3 Å². The molecule has 0 N–H and O–H groups in total. The van der Waals surface area contributed by atoms with Gasteiger partial charge < -0.3 is 9.47 Å². The number of anilines is 1. The SMILES string of the molecule is Cn1c(=O)c(C#N)c(N2CCN(C(CC(C)(C)C)c3ccc(F)cc3)CC2)c2nc(Cl)ccc21. The number of hydrogen-bond donors (Lipinski definition) is 0. The Bertz CT molecular complexity index is 1300. The van der Waals surface area contributed by atoms with E-state index in [1.807, 2.05) is 12.1 Å². The van der Waals surface area contributed by atoms with Gasteiger partial charge in [-0.1, -0.05) is 44.5 Å². The van der Waals surface area contributed by atoms with E-state index < -0.39 is 0 Å². The molecule has 1 aliphatic heterocycles. The Kier molecular flexibility index (Phi) is 6.66. The molecular formula is C26H29ClFN5O. The first kappa shape index (κ1) is 24.2. The maximum Gasteiger partial charge on any atom is 0.270 e. The van der Waals surface area contributed by atoms with Gasteiger partial charge in [0.1, 0.15) is 28.1 Å². The first-order valence-corrected chi connectivity index (χ1v) is 11.8. The van der Waals surface area contributed by atoms with E-state index in [0.29, 0.717) is 35.0 Å². The van der Waals surface area contributed by atoms with Gasteiger partial charge in [-0.05, 0) is 41.7 Å². The fraction of sp³-hybridized carbons (Fsp3) is 0.423. The zero-order valence-corrected chi connectivity index (χ0v) is 20.7. The molecule has 1 fully saturated rings. The van der Waals surface area contributed by atoms with Crippen LogP contribution in [0.3, 0.4) is 0 Å². The number of fused-ring (bicyclic) bond motifs is 1. The molecule has 4 rings (SSSR count). The number of aryl methyl sites for hydroxylation is 1. The fourth-order valence-corrected chi connectivity index (χ4v) is 4.91. The van der Waals surface area contributed by atoms with Gasteiger partial charge in [-0.2, -0.15) is 5.26 Å². The molecule has 0 amide bonds. The van der Waals surface area contributed by atoms with Crippen LogP contribution in [0.1, 0.15) is 44.4 Å². The van der Waals surface area contributed by atoms with Crippen molar-refractivity contribution in [3.63, 3.8) is 0 Å². The summed E-state index contributed by atoms with van der Waals surface area (Å²) >= 11 is 6.19. The van der Waals surface area contributed by atoms with Crippen LogP contribution in [-0.4, -0.2) is 40.6 Å². The normalized spacial score (nSPS) is 16.0. The molecule has 1 atom stereocenters. The standard InChI is InChI=1S/C26H29ClFN5O/c1-26(2,3)15-21(17-5-7-18(28)8-6-17)32-11-13-33(14-12-32)24-19(16-29)25(34)31(4)20-9-10-22(27)30-23(20)24/h5-10,21H,11-15H2,1-4H3. The highest BCUT2D eigenvalue weighted by Gasteiger charge is 2.31. The largest absolute Gasteiger partial charge is 0.366 e. The summed E-state index contributed by atoms with van der Waals surface area (Å²) in [4.78, 5) is 21.9. The van der Waals surface area contributed by atoms with Crippen LogP contribution >= 0.6 is 11.6 Å². The first-order valence-electron chi connectivity index (χ1n) is 11.4. The maximum atomic E-state index is 13.6. The highest BCUT2D eigenvalue weighted by Crippen LogP contribution is 2.36. The van der Waals surface area contributed by atoms with Gasteiger partial charge >= 0.3 is 0 Å². The Morgan fingerprint density at radius 3 is 2.35 bits per heavy atom. The molecule has 0 saturated carbocycles.